The summed E-state index contributed by atoms with van der Waals surface area (Å²) < 4.78 is 1.78. The number of likely N-dealkylation sites (tertiary alicyclic amines) is 2. The molecule has 0 unspecified atom stereocenters. The minimum Gasteiger partial charge on any atom is -0.388 e. The highest BCUT2D eigenvalue weighted by Gasteiger charge is 2.35. The Labute approximate surface area is 173 Å². The summed E-state index contributed by atoms with van der Waals surface area (Å²) in [6.45, 7) is 8.00. The summed E-state index contributed by atoms with van der Waals surface area (Å²) in [5.74, 6) is 0.0345. The number of aliphatic hydroxyl groups is 1. The number of hydrogen-bond acceptors (Lipinski definition) is 5. The SMILES string of the molecule is CCCn1nccc1C(=O)N1CCC[C@@](O)(CN2CCC(NC(C)=O)CC2)CC1. The van der Waals surface area contributed by atoms with E-state index in [0.29, 0.717) is 38.2 Å². The molecule has 0 aromatic carbocycles. The normalized spacial score (nSPS) is 24.3. The fraction of sp³-hybridized carbons (Fsp3) is 0.762. The first-order valence-electron chi connectivity index (χ1n) is 10.9. The minimum atomic E-state index is -0.764. The fourth-order valence-electron chi connectivity index (χ4n) is 4.55. The maximum Gasteiger partial charge on any atom is 0.272 e. The summed E-state index contributed by atoms with van der Waals surface area (Å²) in [6.07, 6.45) is 6.54. The van der Waals surface area contributed by atoms with Gasteiger partial charge in [0.25, 0.3) is 5.91 Å². The summed E-state index contributed by atoms with van der Waals surface area (Å²) in [5.41, 5.74) is -0.128. The van der Waals surface area contributed by atoms with Crippen molar-refractivity contribution in [2.75, 3.05) is 32.7 Å². The molecule has 8 nitrogen and oxygen atoms in total. The van der Waals surface area contributed by atoms with Gasteiger partial charge >= 0.3 is 0 Å². The number of β-amino-alcohol motifs (C(OH)–C–C–N with tert-alkyl or cyclic N) is 1. The van der Waals surface area contributed by atoms with Gasteiger partial charge in [-0.05, 0) is 44.6 Å². The number of carbonyl (C=O) groups is 2. The first kappa shape index (κ1) is 21.8. The van der Waals surface area contributed by atoms with Gasteiger partial charge < -0.3 is 20.2 Å². The van der Waals surface area contributed by atoms with Crippen LogP contribution >= 0.6 is 0 Å². The third kappa shape index (κ3) is 5.79. The molecule has 2 amide bonds. The van der Waals surface area contributed by atoms with E-state index in [1.165, 1.54) is 0 Å². The van der Waals surface area contributed by atoms with Crippen LogP contribution in [0.15, 0.2) is 12.3 Å². The number of aryl methyl sites for hydroxylation is 1. The van der Waals surface area contributed by atoms with E-state index in [1.54, 1.807) is 23.9 Å². The van der Waals surface area contributed by atoms with Crippen LogP contribution in [0.4, 0.5) is 0 Å². The van der Waals surface area contributed by atoms with E-state index in [2.05, 4.69) is 22.2 Å². The molecule has 0 spiro atoms. The lowest BCUT2D eigenvalue weighted by Gasteiger charge is -2.38. The standard InChI is InChI=1S/C21H35N5O3/c1-3-11-26-19(5-10-22-26)20(28)25-12-4-8-21(29,9-15-25)16-24-13-6-18(7-14-24)23-17(2)27/h5,10,18,29H,3-4,6-9,11-16H2,1-2H3,(H,23,27)/t21-/m0/s1. The molecule has 1 aromatic heterocycles. The van der Waals surface area contributed by atoms with Gasteiger partial charge in [-0.2, -0.15) is 5.10 Å². The molecular formula is C21H35N5O3. The Kier molecular flexibility index (Phi) is 7.29. The van der Waals surface area contributed by atoms with Gasteiger partial charge in [0.05, 0.1) is 5.60 Å². The second-order valence-electron chi connectivity index (χ2n) is 8.56. The molecule has 0 aliphatic carbocycles. The highest BCUT2D eigenvalue weighted by atomic mass is 16.3. The number of rotatable bonds is 6. The molecular weight excluding hydrogens is 370 g/mol. The Morgan fingerprint density at radius 2 is 2.00 bits per heavy atom. The Morgan fingerprint density at radius 1 is 1.24 bits per heavy atom. The molecule has 2 fully saturated rings. The highest BCUT2D eigenvalue weighted by Crippen LogP contribution is 2.26. The topological polar surface area (TPSA) is 90.7 Å². The van der Waals surface area contributed by atoms with Crippen molar-refractivity contribution in [3.63, 3.8) is 0 Å². The number of aromatic nitrogens is 2. The van der Waals surface area contributed by atoms with E-state index >= 15 is 0 Å². The molecule has 3 heterocycles. The van der Waals surface area contributed by atoms with Crippen LogP contribution in [-0.4, -0.2) is 80.9 Å². The number of carbonyl (C=O) groups excluding carboxylic acids is 2. The summed E-state index contributed by atoms with van der Waals surface area (Å²) in [5, 5.41) is 18.5. The summed E-state index contributed by atoms with van der Waals surface area (Å²) in [7, 11) is 0. The van der Waals surface area contributed by atoms with Gasteiger partial charge in [-0.1, -0.05) is 6.92 Å². The zero-order valence-electron chi connectivity index (χ0n) is 17.8. The van der Waals surface area contributed by atoms with Crippen molar-refractivity contribution >= 4 is 11.8 Å². The van der Waals surface area contributed by atoms with Gasteiger partial charge in [0.1, 0.15) is 5.69 Å². The van der Waals surface area contributed by atoms with Crippen LogP contribution in [0.5, 0.6) is 0 Å². The Bertz CT molecular complexity index is 698. The maximum atomic E-state index is 13.0. The van der Waals surface area contributed by atoms with Crippen molar-refractivity contribution in [2.45, 2.75) is 70.6 Å². The lowest BCUT2D eigenvalue weighted by molar-refractivity contribution is -0.120. The number of piperidine rings is 1. The quantitative estimate of drug-likeness (QED) is 0.743. The molecule has 2 aliphatic heterocycles. The molecule has 2 aliphatic rings. The second kappa shape index (κ2) is 9.71. The van der Waals surface area contributed by atoms with Crippen LogP contribution in [0.2, 0.25) is 0 Å². The van der Waals surface area contributed by atoms with E-state index in [0.717, 1.165) is 45.3 Å². The van der Waals surface area contributed by atoms with Gasteiger partial charge in [-0.3, -0.25) is 14.3 Å². The monoisotopic (exact) mass is 405 g/mol. The van der Waals surface area contributed by atoms with E-state index in [9.17, 15) is 14.7 Å². The van der Waals surface area contributed by atoms with E-state index in [4.69, 9.17) is 0 Å². The predicted octanol–water partition coefficient (Wildman–Crippen LogP) is 1.25. The first-order valence-corrected chi connectivity index (χ1v) is 10.9. The Morgan fingerprint density at radius 3 is 2.69 bits per heavy atom. The third-order valence-electron chi connectivity index (χ3n) is 6.09. The van der Waals surface area contributed by atoms with E-state index < -0.39 is 5.60 Å². The Hall–Kier alpha value is -1.93. The predicted molar refractivity (Wildman–Crippen MR) is 111 cm³/mol. The first-order chi connectivity index (χ1) is 13.9. The van der Waals surface area contributed by atoms with Crippen LogP contribution in [0, 0.1) is 0 Å². The molecule has 162 valence electrons. The zero-order valence-corrected chi connectivity index (χ0v) is 17.8. The number of nitrogens with one attached hydrogen (secondary N) is 1. The van der Waals surface area contributed by atoms with Crippen molar-refractivity contribution in [3.8, 4) is 0 Å². The van der Waals surface area contributed by atoms with Crippen LogP contribution in [0.1, 0.15) is 62.9 Å². The molecule has 3 rings (SSSR count). The highest BCUT2D eigenvalue weighted by molar-refractivity contribution is 5.92. The molecule has 2 N–H and O–H groups in total. The van der Waals surface area contributed by atoms with Gasteiger partial charge in [0.15, 0.2) is 0 Å². The summed E-state index contributed by atoms with van der Waals surface area (Å²) in [6, 6.07) is 2.03. The average Bonchev–Trinajstić information content (AvgIpc) is 3.05. The van der Waals surface area contributed by atoms with Crippen LogP contribution in [0.3, 0.4) is 0 Å². The lowest BCUT2D eigenvalue weighted by atomic mass is 9.93. The number of amides is 2. The summed E-state index contributed by atoms with van der Waals surface area (Å²) >= 11 is 0. The second-order valence-corrected chi connectivity index (χ2v) is 8.56. The molecule has 8 heteroatoms. The van der Waals surface area contributed by atoms with Gasteiger partial charge in [-0.15, -0.1) is 0 Å². The molecule has 0 radical (unpaired) electrons. The lowest BCUT2D eigenvalue weighted by Crippen LogP contribution is -2.50. The third-order valence-corrected chi connectivity index (χ3v) is 6.09. The fourth-order valence-corrected chi connectivity index (χ4v) is 4.55. The molecule has 0 saturated carbocycles. The molecule has 1 aromatic rings. The zero-order chi connectivity index (χ0) is 20.9. The summed E-state index contributed by atoms with van der Waals surface area (Å²) in [4.78, 5) is 28.4. The molecule has 1 atom stereocenters. The number of nitrogens with zero attached hydrogens (tertiary/aromatic N) is 4. The van der Waals surface area contributed by atoms with Crippen molar-refractivity contribution in [1.29, 1.82) is 0 Å². The van der Waals surface area contributed by atoms with Crippen molar-refractivity contribution < 1.29 is 14.7 Å². The molecule has 0 bridgehead atoms. The van der Waals surface area contributed by atoms with Gasteiger partial charge in [0, 0.05) is 58.4 Å². The van der Waals surface area contributed by atoms with Crippen molar-refractivity contribution in [1.82, 2.24) is 24.9 Å². The van der Waals surface area contributed by atoms with Crippen LogP contribution in [0.25, 0.3) is 0 Å². The van der Waals surface area contributed by atoms with Crippen molar-refractivity contribution in [3.05, 3.63) is 18.0 Å². The van der Waals surface area contributed by atoms with E-state index in [1.807, 2.05) is 4.90 Å². The van der Waals surface area contributed by atoms with Crippen LogP contribution < -0.4 is 5.32 Å². The smallest absolute Gasteiger partial charge is 0.272 e. The van der Waals surface area contributed by atoms with E-state index in [-0.39, 0.29) is 17.9 Å². The Balaban J connectivity index is 1.53. The largest absolute Gasteiger partial charge is 0.388 e. The van der Waals surface area contributed by atoms with Crippen LogP contribution in [-0.2, 0) is 11.3 Å². The van der Waals surface area contributed by atoms with Gasteiger partial charge in [0.2, 0.25) is 5.91 Å². The molecule has 29 heavy (non-hydrogen) atoms. The maximum absolute atomic E-state index is 13.0. The molecule has 2 saturated heterocycles. The minimum absolute atomic E-state index is 0.0105. The van der Waals surface area contributed by atoms with Crippen molar-refractivity contribution in [2.24, 2.45) is 0 Å². The van der Waals surface area contributed by atoms with Gasteiger partial charge in [-0.25, -0.2) is 0 Å². The number of hydrogen-bond donors (Lipinski definition) is 2. The average molecular weight is 406 g/mol.